The van der Waals surface area contributed by atoms with E-state index >= 15 is 0 Å². The van der Waals surface area contributed by atoms with Crippen molar-refractivity contribution in [1.29, 1.82) is 0 Å². The summed E-state index contributed by atoms with van der Waals surface area (Å²) in [7, 11) is 0. The lowest BCUT2D eigenvalue weighted by Crippen LogP contribution is -2.38. The van der Waals surface area contributed by atoms with Gasteiger partial charge in [-0.2, -0.15) is 0 Å². The molecule has 1 atom stereocenters. The average Bonchev–Trinajstić information content (AvgIpc) is 3.10. The zero-order valence-corrected chi connectivity index (χ0v) is 10.7. The summed E-state index contributed by atoms with van der Waals surface area (Å²) >= 11 is 0. The zero-order chi connectivity index (χ0) is 12.7. The Morgan fingerprint density at radius 2 is 2.16 bits per heavy atom. The fraction of sp³-hybridized carbons (Fsp3) is 0.312. The van der Waals surface area contributed by atoms with Crippen molar-refractivity contribution in [3.63, 3.8) is 0 Å². The molecule has 96 valence electrons. The Hall–Kier alpha value is -2.03. The summed E-state index contributed by atoms with van der Waals surface area (Å²) in [4.78, 5) is 4.66. The summed E-state index contributed by atoms with van der Waals surface area (Å²) in [5, 5.41) is 3.25. The molecular weight excluding hydrogens is 236 g/mol. The standard InChI is InChI=1S/C16H16N2O/c1-2-13(14-4-6-19-9-14)7-15-8-16(5-3-12(1)15)10-17-11-18-16/h1-2,4,6-7,9,11H,3,5,8,10H2,(H,17,18). The zero-order valence-electron chi connectivity index (χ0n) is 10.7. The van der Waals surface area contributed by atoms with Crippen LogP contribution in [0.15, 0.2) is 46.2 Å². The van der Waals surface area contributed by atoms with Gasteiger partial charge >= 0.3 is 0 Å². The number of aryl methyl sites for hydroxylation is 1. The van der Waals surface area contributed by atoms with Crippen LogP contribution in [0.25, 0.3) is 11.1 Å². The quantitative estimate of drug-likeness (QED) is 0.847. The second-order valence-electron chi connectivity index (χ2n) is 5.54. The summed E-state index contributed by atoms with van der Waals surface area (Å²) in [6.07, 6.45) is 8.70. The molecule has 4 rings (SSSR count). The van der Waals surface area contributed by atoms with Gasteiger partial charge < -0.3 is 9.73 Å². The van der Waals surface area contributed by atoms with E-state index in [1.807, 2.05) is 12.4 Å². The van der Waals surface area contributed by atoms with Crippen LogP contribution in [0.4, 0.5) is 0 Å². The number of aliphatic imine (C=N–C) groups is 1. The highest BCUT2D eigenvalue weighted by Crippen LogP contribution is 2.34. The Balaban J connectivity index is 1.73. The lowest BCUT2D eigenvalue weighted by Gasteiger charge is -2.31. The number of rotatable bonds is 1. The minimum absolute atomic E-state index is 0.0992. The van der Waals surface area contributed by atoms with Crippen molar-refractivity contribution in [1.82, 2.24) is 5.32 Å². The summed E-state index contributed by atoms with van der Waals surface area (Å²) in [6, 6.07) is 8.76. The molecule has 0 amide bonds. The Morgan fingerprint density at radius 1 is 1.16 bits per heavy atom. The fourth-order valence-electron chi connectivity index (χ4n) is 3.18. The highest BCUT2D eigenvalue weighted by Gasteiger charge is 2.35. The van der Waals surface area contributed by atoms with E-state index in [2.05, 4.69) is 28.5 Å². The topological polar surface area (TPSA) is 37.5 Å². The van der Waals surface area contributed by atoms with Crippen molar-refractivity contribution in [3.8, 4) is 11.1 Å². The van der Waals surface area contributed by atoms with Crippen molar-refractivity contribution in [3.05, 3.63) is 47.9 Å². The minimum atomic E-state index is 0.0992. The number of hydrogen-bond acceptors (Lipinski definition) is 3. The van der Waals surface area contributed by atoms with Gasteiger partial charge in [0.05, 0.1) is 24.4 Å². The van der Waals surface area contributed by atoms with Gasteiger partial charge in [0, 0.05) is 12.1 Å². The maximum atomic E-state index is 5.17. The average molecular weight is 252 g/mol. The Bertz CT molecular complexity index is 630. The van der Waals surface area contributed by atoms with E-state index in [4.69, 9.17) is 4.42 Å². The number of nitrogens with one attached hydrogen (secondary N) is 1. The van der Waals surface area contributed by atoms with Crippen LogP contribution in [-0.4, -0.2) is 18.4 Å². The number of hydrogen-bond donors (Lipinski definition) is 1. The van der Waals surface area contributed by atoms with Gasteiger partial charge in [-0.05, 0) is 42.0 Å². The summed E-state index contributed by atoms with van der Waals surface area (Å²) in [5.74, 6) is 0. The molecule has 0 saturated heterocycles. The molecule has 1 spiro atoms. The van der Waals surface area contributed by atoms with Gasteiger partial charge in [0.2, 0.25) is 0 Å². The number of nitrogens with zero attached hydrogens (tertiary/aromatic N) is 1. The van der Waals surface area contributed by atoms with Crippen molar-refractivity contribution < 1.29 is 4.42 Å². The van der Waals surface area contributed by atoms with Gasteiger partial charge in [0.1, 0.15) is 0 Å². The van der Waals surface area contributed by atoms with Crippen LogP contribution >= 0.6 is 0 Å². The van der Waals surface area contributed by atoms with Crippen molar-refractivity contribution in [2.45, 2.75) is 24.8 Å². The Kier molecular flexibility index (Phi) is 2.28. The number of furan rings is 1. The molecule has 2 aromatic rings. The predicted octanol–water partition coefficient (Wildman–Crippen LogP) is 2.81. The molecule has 0 radical (unpaired) electrons. The second kappa shape index (κ2) is 3.98. The van der Waals surface area contributed by atoms with Crippen LogP contribution in [0.3, 0.4) is 0 Å². The molecule has 2 heterocycles. The molecular formula is C16H16N2O. The first-order chi connectivity index (χ1) is 9.35. The maximum absolute atomic E-state index is 5.17. The molecule has 3 nitrogen and oxygen atoms in total. The molecule has 2 aliphatic rings. The lowest BCUT2D eigenvalue weighted by atomic mass is 9.78. The van der Waals surface area contributed by atoms with Crippen LogP contribution in [0.5, 0.6) is 0 Å². The molecule has 0 fully saturated rings. The molecule has 1 aromatic carbocycles. The smallest absolute Gasteiger partial charge is 0.0980 e. The van der Waals surface area contributed by atoms with E-state index in [1.165, 1.54) is 16.7 Å². The van der Waals surface area contributed by atoms with Crippen molar-refractivity contribution in [2.24, 2.45) is 4.99 Å². The highest BCUT2D eigenvalue weighted by molar-refractivity contribution is 5.64. The van der Waals surface area contributed by atoms with E-state index in [-0.39, 0.29) is 5.54 Å². The normalized spacial score (nSPS) is 24.4. The maximum Gasteiger partial charge on any atom is 0.0980 e. The van der Waals surface area contributed by atoms with Gasteiger partial charge in [-0.15, -0.1) is 0 Å². The van der Waals surface area contributed by atoms with Gasteiger partial charge in [-0.3, -0.25) is 4.99 Å². The SMILES string of the molecule is C1=NC2(CCc3ccc(-c4ccoc4)cc3C2)CN1. The lowest BCUT2D eigenvalue weighted by molar-refractivity contribution is 0.394. The predicted molar refractivity (Wildman–Crippen MR) is 75.4 cm³/mol. The molecule has 3 heteroatoms. The number of fused-ring (bicyclic) bond motifs is 1. The van der Waals surface area contributed by atoms with E-state index in [1.54, 1.807) is 12.5 Å². The molecule has 1 aliphatic carbocycles. The van der Waals surface area contributed by atoms with Crippen molar-refractivity contribution in [2.75, 3.05) is 6.54 Å². The third-order valence-electron chi connectivity index (χ3n) is 4.30. The van der Waals surface area contributed by atoms with Gasteiger partial charge in [0.25, 0.3) is 0 Å². The first-order valence-electron chi connectivity index (χ1n) is 6.76. The molecule has 0 saturated carbocycles. The highest BCUT2D eigenvalue weighted by atomic mass is 16.3. The summed E-state index contributed by atoms with van der Waals surface area (Å²) in [6.45, 7) is 0.975. The first-order valence-corrected chi connectivity index (χ1v) is 6.76. The fourth-order valence-corrected chi connectivity index (χ4v) is 3.18. The molecule has 1 aromatic heterocycles. The molecule has 19 heavy (non-hydrogen) atoms. The van der Waals surface area contributed by atoms with E-state index in [0.29, 0.717) is 0 Å². The molecule has 1 N–H and O–H groups in total. The van der Waals surface area contributed by atoms with Crippen LogP contribution < -0.4 is 5.32 Å². The largest absolute Gasteiger partial charge is 0.472 e. The second-order valence-corrected chi connectivity index (χ2v) is 5.54. The summed E-state index contributed by atoms with van der Waals surface area (Å²) < 4.78 is 5.17. The van der Waals surface area contributed by atoms with E-state index in [0.717, 1.165) is 31.4 Å². The van der Waals surface area contributed by atoms with Crippen molar-refractivity contribution >= 4 is 6.34 Å². The van der Waals surface area contributed by atoms with Crippen LogP contribution in [0, 0.1) is 0 Å². The van der Waals surface area contributed by atoms with Gasteiger partial charge in [-0.1, -0.05) is 18.2 Å². The molecule has 1 aliphatic heterocycles. The van der Waals surface area contributed by atoms with E-state index in [9.17, 15) is 0 Å². The minimum Gasteiger partial charge on any atom is -0.472 e. The first kappa shape index (κ1) is 10.9. The van der Waals surface area contributed by atoms with Crippen LogP contribution in [0.1, 0.15) is 17.5 Å². The Labute approximate surface area is 112 Å². The third kappa shape index (κ3) is 1.77. The number of benzene rings is 1. The molecule has 1 unspecified atom stereocenters. The summed E-state index contributed by atoms with van der Waals surface area (Å²) in [5.41, 5.74) is 5.39. The monoisotopic (exact) mass is 252 g/mol. The molecule has 0 bridgehead atoms. The van der Waals surface area contributed by atoms with Gasteiger partial charge in [0.15, 0.2) is 0 Å². The third-order valence-corrected chi connectivity index (χ3v) is 4.30. The van der Waals surface area contributed by atoms with Gasteiger partial charge in [-0.25, -0.2) is 0 Å². The van der Waals surface area contributed by atoms with Crippen LogP contribution in [-0.2, 0) is 12.8 Å². The Morgan fingerprint density at radius 3 is 2.95 bits per heavy atom. The van der Waals surface area contributed by atoms with E-state index < -0.39 is 0 Å². The van der Waals surface area contributed by atoms with Crippen LogP contribution in [0.2, 0.25) is 0 Å².